The third-order valence-electron chi connectivity index (χ3n) is 9.41. The van der Waals surface area contributed by atoms with Crippen molar-refractivity contribution in [2.24, 2.45) is 0 Å². The Labute approximate surface area is 276 Å². The molecule has 6 nitrogen and oxygen atoms in total. The predicted molar refractivity (Wildman–Crippen MR) is 185 cm³/mol. The second kappa shape index (κ2) is 13.4. The van der Waals surface area contributed by atoms with Crippen molar-refractivity contribution < 1.29 is 19.4 Å². The monoisotopic (exact) mass is 624 g/mol. The maximum atomic E-state index is 15.4. The third-order valence-corrected chi connectivity index (χ3v) is 9.41. The highest BCUT2D eigenvalue weighted by molar-refractivity contribution is 6.11. The van der Waals surface area contributed by atoms with E-state index in [-0.39, 0.29) is 19.6 Å². The number of nitrogens with zero attached hydrogens (tertiary/aromatic N) is 1. The average molecular weight is 625 g/mol. The van der Waals surface area contributed by atoms with E-state index >= 15 is 4.79 Å². The van der Waals surface area contributed by atoms with Crippen LogP contribution in [-0.2, 0) is 33.1 Å². The zero-order valence-electron chi connectivity index (χ0n) is 27.0. The number of carbonyl (C=O) groups excluding carboxylic acids is 1. The molecule has 5 aromatic rings. The lowest BCUT2D eigenvalue weighted by molar-refractivity contribution is -0.181. The van der Waals surface area contributed by atoms with Crippen molar-refractivity contribution in [1.29, 1.82) is 0 Å². The van der Waals surface area contributed by atoms with E-state index in [2.05, 4.69) is 5.32 Å². The van der Waals surface area contributed by atoms with Crippen LogP contribution in [0.25, 0.3) is 0 Å². The summed E-state index contributed by atoms with van der Waals surface area (Å²) >= 11 is 0. The van der Waals surface area contributed by atoms with Crippen molar-refractivity contribution in [2.45, 2.75) is 57.5 Å². The van der Waals surface area contributed by atoms with Gasteiger partial charge < -0.3 is 14.7 Å². The predicted octanol–water partition coefficient (Wildman–Crippen LogP) is 7.87. The van der Waals surface area contributed by atoms with E-state index in [1.807, 2.05) is 154 Å². The van der Waals surface area contributed by atoms with Crippen LogP contribution in [0.4, 0.5) is 5.69 Å². The molecule has 0 aliphatic carbocycles. The van der Waals surface area contributed by atoms with Crippen molar-refractivity contribution in [3.8, 4) is 0 Å². The van der Waals surface area contributed by atoms with Crippen molar-refractivity contribution in [2.75, 3.05) is 4.90 Å². The van der Waals surface area contributed by atoms with Gasteiger partial charge in [0.1, 0.15) is 0 Å². The van der Waals surface area contributed by atoms with Crippen LogP contribution in [0.2, 0.25) is 0 Å². The lowest BCUT2D eigenvalue weighted by atomic mass is 9.71. The Morgan fingerprint density at radius 2 is 1.40 bits per heavy atom. The first-order valence-electron chi connectivity index (χ1n) is 16.1. The van der Waals surface area contributed by atoms with Gasteiger partial charge in [-0.15, -0.1) is 0 Å². The summed E-state index contributed by atoms with van der Waals surface area (Å²) in [5.41, 5.74) is 2.84. The number of carboxylic acid groups (broad SMARTS) is 1. The van der Waals surface area contributed by atoms with Gasteiger partial charge in [0, 0.05) is 5.56 Å². The first-order valence-corrected chi connectivity index (χ1v) is 16.1. The van der Waals surface area contributed by atoms with Gasteiger partial charge in [0.15, 0.2) is 5.54 Å². The van der Waals surface area contributed by atoms with E-state index in [1.54, 1.807) is 4.90 Å². The molecule has 0 bridgehead atoms. The molecule has 0 radical (unpaired) electrons. The molecule has 2 atom stereocenters. The Balaban J connectivity index is 1.60. The van der Waals surface area contributed by atoms with E-state index < -0.39 is 29.1 Å². The minimum absolute atomic E-state index is 0.0447. The van der Waals surface area contributed by atoms with Gasteiger partial charge in [-0.25, -0.2) is 0 Å². The van der Waals surface area contributed by atoms with E-state index in [0.29, 0.717) is 11.3 Å². The Kier molecular flexibility index (Phi) is 9.08. The number of carboxylic acids is 1. The Bertz CT molecular complexity index is 1820. The molecule has 6 rings (SSSR count). The number of aryl methyl sites for hydroxylation is 2. The first-order chi connectivity index (χ1) is 22.8. The molecule has 1 aliphatic heterocycles. The van der Waals surface area contributed by atoms with Crippen molar-refractivity contribution in [3.63, 3.8) is 0 Å². The molecule has 2 N–H and O–H groups in total. The lowest BCUT2D eigenvalue weighted by Crippen LogP contribution is -2.70. The highest BCUT2D eigenvalue weighted by Crippen LogP contribution is 2.52. The number of amides is 1. The fourth-order valence-electron chi connectivity index (χ4n) is 6.85. The van der Waals surface area contributed by atoms with Crippen LogP contribution in [-0.4, -0.2) is 22.5 Å². The number of hydrogen-bond donors (Lipinski definition) is 2. The Morgan fingerprint density at radius 1 is 0.830 bits per heavy atom. The number of nitrogens with one attached hydrogen (secondary N) is 1. The molecule has 1 amide bonds. The van der Waals surface area contributed by atoms with E-state index in [0.717, 1.165) is 33.4 Å². The van der Waals surface area contributed by atoms with Gasteiger partial charge in [0.05, 0.1) is 24.9 Å². The summed E-state index contributed by atoms with van der Waals surface area (Å²) < 4.78 is 6.97. The molecule has 0 saturated heterocycles. The summed E-state index contributed by atoms with van der Waals surface area (Å²) in [5.74, 6) is -1.57. The second-order valence-electron chi connectivity index (χ2n) is 12.3. The highest BCUT2D eigenvalue weighted by atomic mass is 16.5. The number of ether oxygens (including phenoxy) is 1. The molecular formula is C41H40N2O4. The molecule has 238 valence electrons. The number of rotatable bonds is 12. The van der Waals surface area contributed by atoms with Crippen LogP contribution in [0.15, 0.2) is 133 Å². The minimum atomic E-state index is -1.92. The molecular weight excluding hydrogens is 584 g/mol. The number of carbonyl (C=O) groups is 2. The van der Waals surface area contributed by atoms with Gasteiger partial charge in [0.2, 0.25) is 5.60 Å². The zero-order chi connectivity index (χ0) is 33.0. The first kappa shape index (κ1) is 31.9. The summed E-state index contributed by atoms with van der Waals surface area (Å²) in [7, 11) is 0. The zero-order valence-corrected chi connectivity index (χ0v) is 27.0. The van der Waals surface area contributed by atoms with Crippen LogP contribution < -0.4 is 10.2 Å². The molecule has 0 spiro atoms. The summed E-state index contributed by atoms with van der Waals surface area (Å²) in [6, 6.07) is 42.3. The SMILES string of the molecule is CC[C@](NC(c1ccccc1)c1ccccc1)(C(=O)O)C1(OCc2ccccc2C)C(=O)N(Cc2ccccc2)c2ccc(C)cc21. The van der Waals surface area contributed by atoms with Crippen LogP contribution in [0, 0.1) is 13.8 Å². The Hall–Kier alpha value is -5.04. The van der Waals surface area contributed by atoms with Crippen molar-refractivity contribution >= 4 is 17.6 Å². The molecule has 6 heteroatoms. The fourth-order valence-corrected chi connectivity index (χ4v) is 6.85. The van der Waals surface area contributed by atoms with E-state index in [9.17, 15) is 9.90 Å². The molecule has 1 aliphatic rings. The van der Waals surface area contributed by atoms with Crippen LogP contribution in [0.1, 0.15) is 58.3 Å². The maximum absolute atomic E-state index is 15.4. The molecule has 47 heavy (non-hydrogen) atoms. The molecule has 0 aromatic heterocycles. The van der Waals surface area contributed by atoms with Gasteiger partial charge in [-0.1, -0.05) is 140 Å². The Morgan fingerprint density at radius 3 is 1.98 bits per heavy atom. The molecule has 5 aromatic carbocycles. The van der Waals surface area contributed by atoms with Gasteiger partial charge in [0.25, 0.3) is 5.91 Å². The lowest BCUT2D eigenvalue weighted by Gasteiger charge is -2.46. The standard InChI is InChI=1S/C41H40N2O4/c1-4-40(39(45)46,42-37(32-19-10-6-11-20-32)33-21-12-7-13-22-33)41(47-28-34-23-15-14-16-30(34)3)35-26-29(2)24-25-36(35)43(38(41)44)27-31-17-8-5-9-18-31/h5-26,37,42H,4,27-28H2,1-3H3,(H,45,46)/t40-,41?/m0/s1. The topological polar surface area (TPSA) is 78.9 Å². The van der Waals surface area contributed by atoms with Crippen LogP contribution in [0.5, 0.6) is 0 Å². The smallest absolute Gasteiger partial charge is 0.327 e. The molecule has 1 unspecified atom stereocenters. The fraction of sp³-hybridized carbons (Fsp3) is 0.220. The molecule has 1 heterocycles. The summed E-state index contributed by atoms with van der Waals surface area (Å²) in [5, 5.41) is 15.1. The van der Waals surface area contributed by atoms with Crippen LogP contribution >= 0.6 is 0 Å². The van der Waals surface area contributed by atoms with Gasteiger partial charge in [-0.3, -0.25) is 14.9 Å². The number of fused-ring (bicyclic) bond motifs is 1. The average Bonchev–Trinajstić information content (AvgIpc) is 3.32. The molecule has 0 saturated carbocycles. The number of aliphatic carboxylic acids is 1. The number of anilines is 1. The van der Waals surface area contributed by atoms with E-state index in [4.69, 9.17) is 4.74 Å². The van der Waals surface area contributed by atoms with Gasteiger partial charge in [-0.2, -0.15) is 0 Å². The van der Waals surface area contributed by atoms with E-state index in [1.165, 1.54) is 0 Å². The third kappa shape index (κ3) is 5.75. The number of benzene rings is 5. The van der Waals surface area contributed by atoms with Gasteiger partial charge in [-0.05, 0) is 54.2 Å². The largest absolute Gasteiger partial charge is 0.480 e. The second-order valence-corrected chi connectivity index (χ2v) is 12.3. The van der Waals surface area contributed by atoms with Crippen molar-refractivity contribution in [1.82, 2.24) is 5.32 Å². The van der Waals surface area contributed by atoms with Crippen molar-refractivity contribution in [3.05, 3.63) is 172 Å². The minimum Gasteiger partial charge on any atom is -0.480 e. The maximum Gasteiger partial charge on any atom is 0.327 e. The summed E-state index contributed by atoms with van der Waals surface area (Å²) in [6.07, 6.45) is 0.0601. The normalized spacial score (nSPS) is 17.0. The quantitative estimate of drug-likeness (QED) is 0.148. The summed E-state index contributed by atoms with van der Waals surface area (Å²) in [4.78, 5) is 31.2. The van der Waals surface area contributed by atoms with Crippen LogP contribution in [0.3, 0.4) is 0 Å². The summed E-state index contributed by atoms with van der Waals surface area (Å²) in [6.45, 7) is 6.07. The molecule has 0 fully saturated rings. The number of hydrogen-bond acceptors (Lipinski definition) is 4. The highest BCUT2D eigenvalue weighted by Gasteiger charge is 2.68. The van der Waals surface area contributed by atoms with Gasteiger partial charge >= 0.3 is 5.97 Å².